The van der Waals surface area contributed by atoms with Crippen molar-refractivity contribution in [1.29, 1.82) is 0 Å². The molecule has 2 nitrogen and oxygen atoms in total. The highest BCUT2D eigenvalue weighted by Crippen LogP contribution is 2.15. The van der Waals surface area contributed by atoms with Crippen molar-refractivity contribution in [3.8, 4) is 0 Å². The third-order valence-electron chi connectivity index (χ3n) is 1.99. The van der Waals surface area contributed by atoms with Crippen LogP contribution in [0, 0.1) is 0 Å². The minimum atomic E-state index is 0.0238. The van der Waals surface area contributed by atoms with Crippen molar-refractivity contribution in [3.05, 3.63) is 35.9 Å². The van der Waals surface area contributed by atoms with E-state index in [4.69, 9.17) is 0 Å². The molecule has 0 aliphatic heterocycles. The summed E-state index contributed by atoms with van der Waals surface area (Å²) in [5.74, 6) is 0.0238. The van der Waals surface area contributed by atoms with E-state index in [0.717, 1.165) is 6.42 Å². The van der Waals surface area contributed by atoms with E-state index in [9.17, 15) is 4.79 Å². The number of benzene rings is 1. The van der Waals surface area contributed by atoms with Crippen molar-refractivity contribution in [2.24, 2.45) is 0 Å². The van der Waals surface area contributed by atoms with Gasteiger partial charge in [0, 0.05) is 6.92 Å². The summed E-state index contributed by atoms with van der Waals surface area (Å²) in [4.78, 5) is 10.9. The van der Waals surface area contributed by atoms with Gasteiger partial charge in [0.05, 0.1) is 6.04 Å². The molecule has 1 N–H and O–H groups in total. The van der Waals surface area contributed by atoms with E-state index >= 15 is 0 Å². The molecule has 1 amide bonds. The Balaban J connectivity index is 2.73. The highest BCUT2D eigenvalue weighted by atomic mass is 16.1. The quantitative estimate of drug-likeness (QED) is 0.754. The molecule has 0 spiro atoms. The molecule has 0 bridgehead atoms. The van der Waals surface area contributed by atoms with E-state index < -0.39 is 0 Å². The summed E-state index contributed by atoms with van der Waals surface area (Å²) in [6.07, 6.45) is 0.920. The Labute approximate surface area is 79.0 Å². The number of rotatable bonds is 3. The lowest BCUT2D eigenvalue weighted by Gasteiger charge is -2.15. The summed E-state index contributed by atoms with van der Waals surface area (Å²) in [6, 6.07) is 10.2. The summed E-state index contributed by atoms with van der Waals surface area (Å²) in [7, 11) is 0. The largest absolute Gasteiger partial charge is 0.350 e. The predicted octanol–water partition coefficient (Wildman–Crippen LogP) is 2.27. The van der Waals surface area contributed by atoms with E-state index in [1.165, 1.54) is 5.56 Å². The Morgan fingerprint density at radius 3 is 2.46 bits per heavy atom. The maximum absolute atomic E-state index is 10.9. The zero-order chi connectivity index (χ0) is 9.68. The van der Waals surface area contributed by atoms with Crippen molar-refractivity contribution in [2.75, 3.05) is 0 Å². The van der Waals surface area contributed by atoms with E-state index in [-0.39, 0.29) is 11.9 Å². The van der Waals surface area contributed by atoms with Crippen LogP contribution < -0.4 is 5.32 Å². The van der Waals surface area contributed by atoms with Gasteiger partial charge in [-0.25, -0.2) is 0 Å². The van der Waals surface area contributed by atoms with E-state index in [1.54, 1.807) is 6.92 Å². The van der Waals surface area contributed by atoms with Gasteiger partial charge < -0.3 is 5.32 Å². The second-order valence-corrected chi connectivity index (χ2v) is 3.07. The highest BCUT2D eigenvalue weighted by Gasteiger charge is 2.08. The smallest absolute Gasteiger partial charge is 0.217 e. The Morgan fingerprint density at radius 2 is 2.00 bits per heavy atom. The summed E-state index contributed by atoms with van der Waals surface area (Å²) in [6.45, 7) is 3.61. The van der Waals surface area contributed by atoms with Crippen LogP contribution in [0.25, 0.3) is 0 Å². The first-order valence-corrected chi connectivity index (χ1v) is 4.56. The summed E-state index contributed by atoms with van der Waals surface area (Å²) >= 11 is 0. The number of hydrogen-bond donors (Lipinski definition) is 1. The van der Waals surface area contributed by atoms with Gasteiger partial charge >= 0.3 is 0 Å². The Bertz CT molecular complexity index is 269. The van der Waals surface area contributed by atoms with Crippen LogP contribution in [-0.4, -0.2) is 5.91 Å². The molecule has 0 radical (unpaired) electrons. The van der Waals surface area contributed by atoms with Crippen LogP contribution in [0.2, 0.25) is 0 Å². The molecule has 13 heavy (non-hydrogen) atoms. The minimum Gasteiger partial charge on any atom is -0.350 e. The van der Waals surface area contributed by atoms with Crippen LogP contribution in [0.5, 0.6) is 0 Å². The van der Waals surface area contributed by atoms with E-state index in [2.05, 4.69) is 12.2 Å². The lowest BCUT2D eigenvalue weighted by atomic mass is 10.1. The van der Waals surface area contributed by atoms with Gasteiger partial charge in [0.2, 0.25) is 5.91 Å². The standard InChI is InChI=1S/C11H15NO/c1-3-11(12-9(2)13)10-7-5-4-6-8-10/h4-8,11H,3H2,1-2H3,(H,12,13)/t11-/m0/s1. The zero-order valence-electron chi connectivity index (χ0n) is 8.08. The number of hydrogen-bond acceptors (Lipinski definition) is 1. The van der Waals surface area contributed by atoms with Gasteiger partial charge in [0.15, 0.2) is 0 Å². The summed E-state index contributed by atoms with van der Waals surface area (Å²) < 4.78 is 0. The zero-order valence-corrected chi connectivity index (χ0v) is 8.08. The fraction of sp³-hybridized carbons (Fsp3) is 0.364. The Kier molecular flexibility index (Phi) is 3.50. The van der Waals surface area contributed by atoms with Gasteiger partial charge in [-0.3, -0.25) is 4.79 Å². The van der Waals surface area contributed by atoms with Crippen LogP contribution in [0.15, 0.2) is 30.3 Å². The molecule has 0 aliphatic rings. The predicted molar refractivity (Wildman–Crippen MR) is 53.3 cm³/mol. The number of nitrogens with one attached hydrogen (secondary N) is 1. The first-order valence-electron chi connectivity index (χ1n) is 4.56. The topological polar surface area (TPSA) is 29.1 Å². The molecule has 0 unspecified atom stereocenters. The van der Waals surface area contributed by atoms with Crippen LogP contribution in [-0.2, 0) is 4.79 Å². The molecule has 0 aromatic heterocycles. The lowest BCUT2D eigenvalue weighted by Crippen LogP contribution is -2.25. The molecule has 0 aliphatic carbocycles. The molecule has 70 valence electrons. The number of carbonyl (C=O) groups excluding carboxylic acids is 1. The molecule has 2 heteroatoms. The first kappa shape index (κ1) is 9.78. The van der Waals surface area contributed by atoms with Crippen molar-refractivity contribution >= 4 is 5.91 Å². The van der Waals surface area contributed by atoms with Crippen molar-refractivity contribution < 1.29 is 4.79 Å². The third kappa shape index (κ3) is 2.90. The second kappa shape index (κ2) is 4.65. The van der Waals surface area contributed by atoms with Gasteiger partial charge in [0.1, 0.15) is 0 Å². The van der Waals surface area contributed by atoms with Gasteiger partial charge in [0.25, 0.3) is 0 Å². The molecule has 1 aromatic carbocycles. The maximum atomic E-state index is 10.9. The van der Waals surface area contributed by atoms with Crippen LogP contribution in [0.3, 0.4) is 0 Å². The van der Waals surface area contributed by atoms with Crippen molar-refractivity contribution in [2.45, 2.75) is 26.3 Å². The van der Waals surface area contributed by atoms with Crippen LogP contribution in [0.1, 0.15) is 31.9 Å². The highest BCUT2D eigenvalue weighted by molar-refractivity contribution is 5.73. The molecule has 0 saturated heterocycles. The SMILES string of the molecule is CC[C@H](NC(C)=O)c1ccccc1. The van der Waals surface area contributed by atoms with Crippen LogP contribution >= 0.6 is 0 Å². The van der Waals surface area contributed by atoms with Crippen molar-refractivity contribution in [3.63, 3.8) is 0 Å². The molecule has 0 fully saturated rings. The third-order valence-corrected chi connectivity index (χ3v) is 1.99. The normalized spacial score (nSPS) is 12.2. The van der Waals surface area contributed by atoms with E-state index in [1.807, 2.05) is 30.3 Å². The maximum Gasteiger partial charge on any atom is 0.217 e. The molecule has 1 rings (SSSR count). The number of amides is 1. The van der Waals surface area contributed by atoms with Gasteiger partial charge in [-0.2, -0.15) is 0 Å². The minimum absolute atomic E-state index is 0.0238. The summed E-state index contributed by atoms with van der Waals surface area (Å²) in [5.41, 5.74) is 1.17. The monoisotopic (exact) mass is 177 g/mol. The van der Waals surface area contributed by atoms with Gasteiger partial charge in [-0.15, -0.1) is 0 Å². The number of carbonyl (C=O) groups is 1. The van der Waals surface area contributed by atoms with Gasteiger partial charge in [-0.1, -0.05) is 37.3 Å². The molecular weight excluding hydrogens is 162 g/mol. The Morgan fingerprint density at radius 1 is 1.38 bits per heavy atom. The molecular formula is C11H15NO. The van der Waals surface area contributed by atoms with E-state index in [0.29, 0.717) is 0 Å². The summed E-state index contributed by atoms with van der Waals surface area (Å²) in [5, 5.41) is 2.91. The lowest BCUT2D eigenvalue weighted by molar-refractivity contribution is -0.119. The fourth-order valence-corrected chi connectivity index (χ4v) is 1.35. The molecule has 0 saturated carbocycles. The van der Waals surface area contributed by atoms with Crippen molar-refractivity contribution in [1.82, 2.24) is 5.32 Å². The second-order valence-electron chi connectivity index (χ2n) is 3.07. The van der Waals surface area contributed by atoms with Gasteiger partial charge in [-0.05, 0) is 12.0 Å². The fourth-order valence-electron chi connectivity index (χ4n) is 1.35. The molecule has 1 atom stereocenters. The van der Waals surface area contributed by atoms with Crippen LogP contribution in [0.4, 0.5) is 0 Å². The average Bonchev–Trinajstić information content (AvgIpc) is 2.15. The molecule has 0 heterocycles. The average molecular weight is 177 g/mol. The Hall–Kier alpha value is -1.31. The molecule has 1 aromatic rings. The first-order chi connectivity index (χ1) is 6.24.